The Balaban J connectivity index is 2.57. The highest BCUT2D eigenvalue weighted by Gasteiger charge is 2.11. The summed E-state index contributed by atoms with van der Waals surface area (Å²) in [6.07, 6.45) is 0. The summed E-state index contributed by atoms with van der Waals surface area (Å²) in [4.78, 5) is 0. The van der Waals surface area contributed by atoms with Crippen molar-refractivity contribution in [3.8, 4) is 17.2 Å². The molecule has 6 heteroatoms. The summed E-state index contributed by atoms with van der Waals surface area (Å²) in [7, 11) is 0. The number of benzene rings is 1. The van der Waals surface area contributed by atoms with E-state index in [4.69, 9.17) is 10.2 Å². The van der Waals surface area contributed by atoms with Gasteiger partial charge in [-0.05, 0) is 12.1 Å². The monoisotopic (exact) mass is 209 g/mol. The van der Waals surface area contributed by atoms with Crippen molar-refractivity contribution in [2.75, 3.05) is 5.73 Å². The zero-order valence-corrected chi connectivity index (χ0v) is 7.90. The second-order valence-electron chi connectivity index (χ2n) is 2.63. The van der Waals surface area contributed by atoms with E-state index in [-0.39, 0.29) is 22.6 Å². The van der Waals surface area contributed by atoms with Gasteiger partial charge in [0.05, 0.1) is 11.3 Å². The number of thiol groups is 1. The van der Waals surface area contributed by atoms with Gasteiger partial charge in [-0.3, -0.25) is 0 Å². The lowest BCUT2D eigenvalue weighted by Gasteiger charge is -2.01. The molecular formula is C8H7N3O2S. The molecule has 1 aromatic heterocycles. The van der Waals surface area contributed by atoms with Crippen molar-refractivity contribution in [3.63, 3.8) is 0 Å². The first-order valence-corrected chi connectivity index (χ1v) is 4.23. The lowest BCUT2D eigenvalue weighted by atomic mass is 10.1. The van der Waals surface area contributed by atoms with Gasteiger partial charge in [-0.15, -0.1) is 10.2 Å². The number of phenolic OH excluding ortho intramolecular Hbond substituents is 1. The Morgan fingerprint density at radius 2 is 2.14 bits per heavy atom. The molecule has 14 heavy (non-hydrogen) atoms. The second-order valence-corrected chi connectivity index (χ2v) is 3.01. The van der Waals surface area contributed by atoms with E-state index in [1.54, 1.807) is 12.1 Å². The van der Waals surface area contributed by atoms with Crippen LogP contribution in [0.5, 0.6) is 5.75 Å². The molecular weight excluding hydrogens is 202 g/mol. The lowest BCUT2D eigenvalue weighted by Crippen LogP contribution is -1.90. The van der Waals surface area contributed by atoms with Crippen LogP contribution in [0.15, 0.2) is 27.8 Å². The van der Waals surface area contributed by atoms with Crippen molar-refractivity contribution in [2.45, 2.75) is 5.22 Å². The van der Waals surface area contributed by atoms with Crippen molar-refractivity contribution >= 4 is 18.3 Å². The predicted molar refractivity (Wildman–Crippen MR) is 53.1 cm³/mol. The summed E-state index contributed by atoms with van der Waals surface area (Å²) in [6, 6.07) is 4.80. The normalized spacial score (nSPS) is 10.4. The van der Waals surface area contributed by atoms with Crippen LogP contribution in [0.1, 0.15) is 0 Å². The number of nitrogens with zero attached hydrogens (tertiary/aromatic N) is 2. The van der Waals surface area contributed by atoms with Gasteiger partial charge in [0, 0.05) is 0 Å². The average molecular weight is 209 g/mol. The van der Waals surface area contributed by atoms with Gasteiger partial charge in [0.2, 0.25) is 0 Å². The number of nitrogen functional groups attached to an aromatic ring is 1. The third kappa shape index (κ3) is 1.39. The molecule has 0 fully saturated rings. The van der Waals surface area contributed by atoms with Crippen molar-refractivity contribution in [3.05, 3.63) is 18.2 Å². The van der Waals surface area contributed by atoms with Gasteiger partial charge in [0.25, 0.3) is 11.1 Å². The van der Waals surface area contributed by atoms with E-state index in [9.17, 15) is 5.11 Å². The molecule has 0 aliphatic heterocycles. The fourth-order valence-corrected chi connectivity index (χ4v) is 1.20. The Labute approximate surface area is 85.0 Å². The molecule has 0 aliphatic rings. The third-order valence-corrected chi connectivity index (χ3v) is 1.91. The van der Waals surface area contributed by atoms with Crippen molar-refractivity contribution in [1.82, 2.24) is 10.2 Å². The minimum atomic E-state index is -0.0126. The smallest absolute Gasteiger partial charge is 0.273 e. The van der Waals surface area contributed by atoms with Crippen LogP contribution in [0.25, 0.3) is 11.5 Å². The summed E-state index contributed by atoms with van der Waals surface area (Å²) >= 11 is 3.87. The molecule has 0 amide bonds. The quantitative estimate of drug-likeness (QED) is 0.374. The van der Waals surface area contributed by atoms with Crippen LogP contribution in [0.4, 0.5) is 5.69 Å². The summed E-state index contributed by atoms with van der Waals surface area (Å²) < 4.78 is 5.06. The molecule has 0 bridgehead atoms. The maximum Gasteiger partial charge on any atom is 0.273 e. The van der Waals surface area contributed by atoms with Crippen LogP contribution < -0.4 is 5.73 Å². The van der Waals surface area contributed by atoms with Gasteiger partial charge >= 0.3 is 0 Å². The Hall–Kier alpha value is -1.69. The van der Waals surface area contributed by atoms with Crippen LogP contribution in [-0.2, 0) is 0 Å². The van der Waals surface area contributed by atoms with Crippen molar-refractivity contribution in [2.24, 2.45) is 0 Å². The van der Waals surface area contributed by atoms with E-state index < -0.39 is 0 Å². The van der Waals surface area contributed by atoms with E-state index in [0.717, 1.165) is 0 Å². The number of aromatic nitrogens is 2. The van der Waals surface area contributed by atoms with Crippen LogP contribution in [0, 0.1) is 0 Å². The van der Waals surface area contributed by atoms with Crippen LogP contribution in [-0.4, -0.2) is 15.3 Å². The third-order valence-electron chi connectivity index (χ3n) is 1.73. The average Bonchev–Trinajstić information content (AvgIpc) is 2.57. The Bertz CT molecular complexity index is 469. The molecule has 1 heterocycles. The number of rotatable bonds is 1. The standard InChI is InChI=1S/C8H7N3O2S/c9-6-4(2-1-3-5(6)12)7-10-11-8(14)13-7/h1-3,12H,9H2,(H,11,14). The minimum Gasteiger partial charge on any atom is -0.506 e. The van der Waals surface area contributed by atoms with Crippen LogP contribution in [0.2, 0.25) is 0 Å². The maximum absolute atomic E-state index is 9.33. The molecule has 0 unspecified atom stereocenters. The fraction of sp³-hybridized carbons (Fsp3) is 0. The molecule has 0 aliphatic carbocycles. The number of para-hydroxylation sites is 1. The minimum absolute atomic E-state index is 0.0126. The first kappa shape index (κ1) is 8.89. The Kier molecular flexibility index (Phi) is 2.05. The second kappa shape index (κ2) is 3.22. The topological polar surface area (TPSA) is 85.2 Å². The van der Waals surface area contributed by atoms with Crippen LogP contribution >= 0.6 is 12.6 Å². The molecule has 0 atom stereocenters. The highest BCUT2D eigenvalue weighted by molar-refractivity contribution is 7.80. The number of hydrogen-bond donors (Lipinski definition) is 3. The lowest BCUT2D eigenvalue weighted by molar-refractivity contribution is 0.465. The van der Waals surface area contributed by atoms with E-state index in [1.165, 1.54) is 6.07 Å². The first-order valence-electron chi connectivity index (χ1n) is 3.79. The fourth-order valence-electron chi connectivity index (χ4n) is 1.06. The van der Waals surface area contributed by atoms with Gasteiger partial charge in [0.15, 0.2) is 0 Å². The Morgan fingerprint density at radius 3 is 2.79 bits per heavy atom. The molecule has 2 aromatic rings. The summed E-state index contributed by atoms with van der Waals surface area (Å²) in [5.74, 6) is 0.227. The number of phenols is 1. The van der Waals surface area contributed by atoms with Gasteiger partial charge in [-0.2, -0.15) is 0 Å². The first-order chi connectivity index (χ1) is 6.68. The number of hydrogen-bond acceptors (Lipinski definition) is 6. The van der Waals surface area contributed by atoms with Gasteiger partial charge < -0.3 is 15.3 Å². The molecule has 1 aromatic carbocycles. The van der Waals surface area contributed by atoms with Crippen molar-refractivity contribution in [1.29, 1.82) is 0 Å². The summed E-state index contributed by atoms with van der Waals surface area (Å²) in [5.41, 5.74) is 6.33. The molecule has 5 nitrogen and oxygen atoms in total. The van der Waals surface area contributed by atoms with Crippen LogP contribution in [0.3, 0.4) is 0 Å². The van der Waals surface area contributed by atoms with Gasteiger partial charge in [0.1, 0.15) is 5.75 Å². The van der Waals surface area contributed by atoms with E-state index >= 15 is 0 Å². The van der Waals surface area contributed by atoms with Gasteiger partial charge in [-0.25, -0.2) is 0 Å². The maximum atomic E-state index is 9.33. The molecule has 3 N–H and O–H groups in total. The molecule has 72 valence electrons. The highest BCUT2D eigenvalue weighted by atomic mass is 32.1. The van der Waals surface area contributed by atoms with E-state index in [2.05, 4.69) is 22.8 Å². The van der Waals surface area contributed by atoms with Gasteiger partial charge in [-0.1, -0.05) is 18.7 Å². The van der Waals surface area contributed by atoms with E-state index in [1.807, 2.05) is 0 Å². The Morgan fingerprint density at radius 1 is 1.36 bits per heavy atom. The molecule has 0 saturated carbocycles. The number of anilines is 1. The summed E-state index contributed by atoms with van der Waals surface area (Å²) in [5, 5.41) is 16.8. The molecule has 2 rings (SSSR count). The SMILES string of the molecule is Nc1c(O)cccc1-c1nnc(S)o1. The van der Waals surface area contributed by atoms with E-state index in [0.29, 0.717) is 5.56 Å². The number of nitrogens with two attached hydrogens (primary N) is 1. The largest absolute Gasteiger partial charge is 0.506 e. The zero-order valence-electron chi connectivity index (χ0n) is 7.01. The summed E-state index contributed by atoms with van der Waals surface area (Å²) in [6.45, 7) is 0. The zero-order chi connectivity index (χ0) is 10.1. The predicted octanol–water partition coefficient (Wildman–Crippen LogP) is 1.31. The number of aromatic hydroxyl groups is 1. The molecule has 0 spiro atoms. The highest BCUT2D eigenvalue weighted by Crippen LogP contribution is 2.31. The van der Waals surface area contributed by atoms with Crippen molar-refractivity contribution < 1.29 is 9.52 Å². The molecule has 0 saturated heterocycles. The molecule has 0 radical (unpaired) electrons.